The summed E-state index contributed by atoms with van der Waals surface area (Å²) in [7, 11) is -3.55. The van der Waals surface area contributed by atoms with E-state index in [-0.39, 0.29) is 4.90 Å². The minimum Gasteiger partial charge on any atom is -0.398 e. The second-order valence-corrected chi connectivity index (χ2v) is 7.40. The van der Waals surface area contributed by atoms with Gasteiger partial charge in [-0.25, -0.2) is 13.1 Å². The Morgan fingerprint density at radius 3 is 2.48 bits per heavy atom. The topological polar surface area (TPSA) is 72.2 Å². The molecule has 0 aliphatic rings. The van der Waals surface area contributed by atoms with Crippen LogP contribution < -0.4 is 10.5 Å². The maximum absolute atomic E-state index is 12.5. The molecule has 0 radical (unpaired) electrons. The zero-order chi connectivity index (χ0) is 16.0. The summed E-state index contributed by atoms with van der Waals surface area (Å²) in [6, 6.07) is 3.51. The molecule has 1 atom stereocenters. The van der Waals surface area contributed by atoms with Crippen molar-refractivity contribution in [1.29, 1.82) is 0 Å². The molecule has 1 aromatic carbocycles. The fourth-order valence-electron chi connectivity index (χ4n) is 2.41. The maximum Gasteiger partial charge on any atom is 0.242 e. The lowest BCUT2D eigenvalue weighted by Crippen LogP contribution is -2.30. The Hall–Kier alpha value is -1.07. The van der Waals surface area contributed by atoms with Crippen molar-refractivity contribution < 1.29 is 8.42 Å². The second-order valence-electron chi connectivity index (χ2n) is 5.69. The van der Waals surface area contributed by atoms with Crippen molar-refractivity contribution in [1.82, 2.24) is 4.72 Å². The van der Waals surface area contributed by atoms with E-state index in [4.69, 9.17) is 5.73 Å². The molecule has 0 aliphatic heterocycles. The van der Waals surface area contributed by atoms with Gasteiger partial charge in [0.15, 0.2) is 0 Å². The number of nitrogens with one attached hydrogen (secondary N) is 1. The average Bonchev–Trinajstić information content (AvgIpc) is 2.43. The Balaban J connectivity index is 2.90. The van der Waals surface area contributed by atoms with Crippen LogP contribution in [0, 0.1) is 19.8 Å². The lowest BCUT2D eigenvalue weighted by Gasteiger charge is -2.17. The van der Waals surface area contributed by atoms with E-state index in [0.29, 0.717) is 18.2 Å². The van der Waals surface area contributed by atoms with Crippen molar-refractivity contribution in [3.8, 4) is 0 Å². The molecule has 4 nitrogen and oxygen atoms in total. The van der Waals surface area contributed by atoms with Crippen LogP contribution in [0.2, 0.25) is 0 Å². The summed E-state index contributed by atoms with van der Waals surface area (Å²) in [5, 5.41) is 0. The standard InChI is InChI=1S/C16H28N2O2S/c1-5-7-8-14(6-2)11-18-21(19,20)16-13(4)12(3)9-10-15(16)17/h9-10,14,18H,5-8,11,17H2,1-4H3. The predicted molar refractivity (Wildman–Crippen MR) is 88.8 cm³/mol. The Kier molecular flexibility index (Phi) is 6.68. The maximum atomic E-state index is 12.5. The van der Waals surface area contributed by atoms with Crippen LogP contribution in [0.1, 0.15) is 50.7 Å². The Morgan fingerprint density at radius 2 is 1.90 bits per heavy atom. The van der Waals surface area contributed by atoms with E-state index in [9.17, 15) is 8.42 Å². The van der Waals surface area contributed by atoms with E-state index in [2.05, 4.69) is 18.6 Å². The number of aryl methyl sites for hydroxylation is 1. The van der Waals surface area contributed by atoms with Gasteiger partial charge in [0.1, 0.15) is 4.90 Å². The third-order valence-electron chi connectivity index (χ3n) is 4.08. The molecular formula is C16H28N2O2S. The quantitative estimate of drug-likeness (QED) is 0.723. The lowest BCUT2D eigenvalue weighted by atomic mass is 10.00. The van der Waals surface area contributed by atoms with Gasteiger partial charge in [-0.3, -0.25) is 0 Å². The van der Waals surface area contributed by atoms with Gasteiger partial charge in [0, 0.05) is 6.54 Å². The van der Waals surface area contributed by atoms with Gasteiger partial charge in [0.05, 0.1) is 5.69 Å². The summed E-state index contributed by atoms with van der Waals surface area (Å²) < 4.78 is 27.8. The number of hydrogen-bond acceptors (Lipinski definition) is 3. The molecule has 0 amide bonds. The number of sulfonamides is 1. The molecule has 0 aliphatic carbocycles. The molecule has 1 aromatic rings. The van der Waals surface area contributed by atoms with Crippen LogP contribution in [0.4, 0.5) is 5.69 Å². The Bertz CT molecular complexity index is 568. The number of anilines is 1. The largest absolute Gasteiger partial charge is 0.398 e. The van der Waals surface area contributed by atoms with Gasteiger partial charge in [0.25, 0.3) is 0 Å². The van der Waals surface area contributed by atoms with E-state index < -0.39 is 10.0 Å². The van der Waals surface area contributed by atoms with Gasteiger partial charge in [0.2, 0.25) is 10.0 Å². The summed E-state index contributed by atoms with van der Waals surface area (Å²) in [5.74, 6) is 0.381. The minimum absolute atomic E-state index is 0.229. The first-order valence-corrected chi connectivity index (χ1v) is 9.17. The van der Waals surface area contributed by atoms with Gasteiger partial charge in [-0.1, -0.05) is 39.2 Å². The molecule has 1 rings (SSSR count). The molecule has 21 heavy (non-hydrogen) atoms. The molecule has 0 saturated heterocycles. The Morgan fingerprint density at radius 1 is 1.24 bits per heavy atom. The average molecular weight is 312 g/mol. The number of hydrogen-bond donors (Lipinski definition) is 2. The van der Waals surface area contributed by atoms with Crippen LogP contribution in [0.5, 0.6) is 0 Å². The van der Waals surface area contributed by atoms with Crippen LogP contribution in [-0.4, -0.2) is 15.0 Å². The van der Waals surface area contributed by atoms with Crippen LogP contribution in [0.3, 0.4) is 0 Å². The molecule has 1 unspecified atom stereocenters. The molecule has 0 aromatic heterocycles. The fraction of sp³-hybridized carbons (Fsp3) is 0.625. The number of rotatable bonds is 8. The molecule has 3 N–H and O–H groups in total. The van der Waals surface area contributed by atoms with Gasteiger partial charge in [-0.2, -0.15) is 0 Å². The van der Waals surface area contributed by atoms with Gasteiger partial charge in [-0.15, -0.1) is 0 Å². The number of benzene rings is 1. The van der Waals surface area contributed by atoms with Crippen molar-refractivity contribution >= 4 is 15.7 Å². The third-order valence-corrected chi connectivity index (χ3v) is 5.71. The number of unbranched alkanes of at least 4 members (excludes halogenated alkanes) is 1. The summed E-state index contributed by atoms with van der Waals surface area (Å²) in [4.78, 5) is 0.229. The fourth-order valence-corrected chi connectivity index (χ4v) is 3.95. The SMILES string of the molecule is CCCCC(CC)CNS(=O)(=O)c1c(N)ccc(C)c1C. The molecule has 0 bridgehead atoms. The molecule has 120 valence electrons. The predicted octanol–water partition coefficient (Wildman–Crippen LogP) is 3.38. The highest BCUT2D eigenvalue weighted by Crippen LogP contribution is 2.25. The molecule has 0 heterocycles. The first-order chi connectivity index (χ1) is 9.83. The van der Waals surface area contributed by atoms with Crippen LogP contribution >= 0.6 is 0 Å². The summed E-state index contributed by atoms with van der Waals surface area (Å²) in [6.45, 7) is 8.42. The zero-order valence-electron chi connectivity index (χ0n) is 13.6. The highest BCUT2D eigenvalue weighted by molar-refractivity contribution is 7.89. The van der Waals surface area contributed by atoms with Crippen LogP contribution in [0.25, 0.3) is 0 Å². The smallest absolute Gasteiger partial charge is 0.242 e. The van der Waals surface area contributed by atoms with Gasteiger partial charge < -0.3 is 5.73 Å². The molecular weight excluding hydrogens is 284 g/mol. The van der Waals surface area contributed by atoms with E-state index in [1.807, 2.05) is 13.0 Å². The molecule has 5 heteroatoms. The van der Waals surface area contributed by atoms with Crippen molar-refractivity contribution in [2.75, 3.05) is 12.3 Å². The lowest BCUT2D eigenvalue weighted by molar-refractivity contribution is 0.443. The van der Waals surface area contributed by atoms with E-state index >= 15 is 0 Å². The second kappa shape index (κ2) is 7.80. The number of nitrogens with two attached hydrogens (primary N) is 1. The summed E-state index contributed by atoms with van der Waals surface area (Å²) in [5.41, 5.74) is 7.85. The van der Waals surface area contributed by atoms with Crippen molar-refractivity contribution in [2.24, 2.45) is 5.92 Å². The highest BCUT2D eigenvalue weighted by Gasteiger charge is 2.22. The molecule has 0 fully saturated rings. The minimum atomic E-state index is -3.55. The van der Waals surface area contributed by atoms with Gasteiger partial charge in [-0.05, 0) is 43.4 Å². The molecule has 0 saturated carbocycles. The monoisotopic (exact) mass is 312 g/mol. The van der Waals surface area contributed by atoms with E-state index in [1.54, 1.807) is 13.0 Å². The highest BCUT2D eigenvalue weighted by atomic mass is 32.2. The van der Waals surface area contributed by atoms with Gasteiger partial charge >= 0.3 is 0 Å². The first kappa shape index (κ1) is 18.0. The third kappa shape index (κ3) is 4.71. The van der Waals surface area contributed by atoms with E-state index in [1.165, 1.54) is 0 Å². The summed E-state index contributed by atoms with van der Waals surface area (Å²) >= 11 is 0. The van der Waals surface area contributed by atoms with Crippen molar-refractivity contribution in [3.63, 3.8) is 0 Å². The zero-order valence-corrected chi connectivity index (χ0v) is 14.4. The Labute approximate surface area is 129 Å². The van der Waals surface area contributed by atoms with Crippen LogP contribution in [-0.2, 0) is 10.0 Å². The van der Waals surface area contributed by atoms with Crippen LogP contribution in [0.15, 0.2) is 17.0 Å². The first-order valence-electron chi connectivity index (χ1n) is 7.68. The summed E-state index contributed by atoms with van der Waals surface area (Å²) in [6.07, 6.45) is 4.29. The number of nitrogen functional groups attached to an aromatic ring is 1. The van der Waals surface area contributed by atoms with Crippen molar-refractivity contribution in [2.45, 2.75) is 58.3 Å². The van der Waals surface area contributed by atoms with Crippen molar-refractivity contribution in [3.05, 3.63) is 23.3 Å². The normalized spacial score (nSPS) is 13.3. The van der Waals surface area contributed by atoms with E-state index in [0.717, 1.165) is 36.8 Å². The molecule has 0 spiro atoms.